The van der Waals surface area contributed by atoms with Crippen LogP contribution in [0, 0.1) is 0 Å². The highest BCUT2D eigenvalue weighted by atomic mass is 35.5. The highest BCUT2D eigenvalue weighted by Crippen LogP contribution is 2.26. The number of hydrogen-bond donors (Lipinski definition) is 1. The van der Waals surface area contributed by atoms with Crippen molar-refractivity contribution in [2.24, 2.45) is 7.05 Å². The maximum atomic E-state index is 6.17. The Morgan fingerprint density at radius 3 is 2.78 bits per heavy atom. The maximum absolute atomic E-state index is 6.17. The van der Waals surface area contributed by atoms with Crippen molar-refractivity contribution in [1.29, 1.82) is 0 Å². The standard InChI is InChI=1S/C13H15Cl2N3/c1-9(12-4-3-11(14)5-13(12)15)16-6-10-7-17-18(2)8-10/h3-5,7-9,16H,6H2,1-2H3/t9-/m0/s1. The van der Waals surface area contributed by atoms with Gasteiger partial charge in [-0.3, -0.25) is 4.68 Å². The molecule has 1 heterocycles. The van der Waals surface area contributed by atoms with Crippen LogP contribution in [0.3, 0.4) is 0 Å². The number of nitrogens with one attached hydrogen (secondary N) is 1. The molecule has 0 saturated carbocycles. The molecule has 0 saturated heterocycles. The fourth-order valence-corrected chi connectivity index (χ4v) is 2.37. The highest BCUT2D eigenvalue weighted by molar-refractivity contribution is 6.35. The molecule has 2 aromatic rings. The lowest BCUT2D eigenvalue weighted by atomic mass is 10.1. The van der Waals surface area contributed by atoms with Crippen molar-refractivity contribution >= 4 is 23.2 Å². The number of rotatable bonds is 4. The van der Waals surface area contributed by atoms with E-state index in [4.69, 9.17) is 23.2 Å². The summed E-state index contributed by atoms with van der Waals surface area (Å²) in [5.41, 5.74) is 2.19. The molecule has 0 fully saturated rings. The average molecular weight is 284 g/mol. The maximum Gasteiger partial charge on any atom is 0.0534 e. The minimum absolute atomic E-state index is 0.162. The van der Waals surface area contributed by atoms with E-state index in [1.807, 2.05) is 31.6 Å². The van der Waals surface area contributed by atoms with Crippen LogP contribution < -0.4 is 5.32 Å². The Kier molecular flexibility index (Phi) is 4.27. The number of hydrogen-bond acceptors (Lipinski definition) is 2. The predicted molar refractivity (Wildman–Crippen MR) is 74.9 cm³/mol. The fourth-order valence-electron chi connectivity index (χ4n) is 1.80. The van der Waals surface area contributed by atoms with E-state index in [1.165, 1.54) is 0 Å². The number of aryl methyl sites for hydroxylation is 1. The number of benzene rings is 1. The van der Waals surface area contributed by atoms with Crippen molar-refractivity contribution in [3.63, 3.8) is 0 Å². The number of aromatic nitrogens is 2. The molecule has 1 N–H and O–H groups in total. The van der Waals surface area contributed by atoms with Gasteiger partial charge in [-0.25, -0.2) is 0 Å². The molecule has 1 atom stereocenters. The zero-order chi connectivity index (χ0) is 13.1. The molecule has 2 rings (SSSR count). The third kappa shape index (κ3) is 3.25. The van der Waals surface area contributed by atoms with Crippen molar-refractivity contribution in [2.75, 3.05) is 0 Å². The molecule has 18 heavy (non-hydrogen) atoms. The first kappa shape index (κ1) is 13.4. The van der Waals surface area contributed by atoms with E-state index in [2.05, 4.69) is 17.3 Å². The van der Waals surface area contributed by atoms with Crippen LogP contribution in [0.4, 0.5) is 0 Å². The molecule has 5 heteroatoms. The van der Waals surface area contributed by atoms with Gasteiger partial charge >= 0.3 is 0 Å². The van der Waals surface area contributed by atoms with Gasteiger partial charge in [0.1, 0.15) is 0 Å². The van der Waals surface area contributed by atoms with Crippen LogP contribution in [0.5, 0.6) is 0 Å². The highest BCUT2D eigenvalue weighted by Gasteiger charge is 2.09. The second-order valence-electron chi connectivity index (χ2n) is 4.29. The summed E-state index contributed by atoms with van der Waals surface area (Å²) in [5.74, 6) is 0. The lowest BCUT2D eigenvalue weighted by Gasteiger charge is -2.15. The molecule has 0 aliphatic rings. The Labute approximate surface area is 117 Å². The summed E-state index contributed by atoms with van der Waals surface area (Å²) in [6, 6.07) is 5.73. The summed E-state index contributed by atoms with van der Waals surface area (Å²) < 4.78 is 1.79. The molecule has 0 amide bonds. The largest absolute Gasteiger partial charge is 0.306 e. The Balaban J connectivity index is 2.01. The van der Waals surface area contributed by atoms with Crippen molar-refractivity contribution in [2.45, 2.75) is 19.5 Å². The predicted octanol–water partition coefficient (Wildman–Crippen LogP) is 3.58. The van der Waals surface area contributed by atoms with E-state index < -0.39 is 0 Å². The van der Waals surface area contributed by atoms with Crippen LogP contribution in [0.25, 0.3) is 0 Å². The summed E-state index contributed by atoms with van der Waals surface area (Å²) in [4.78, 5) is 0. The number of halogens is 2. The van der Waals surface area contributed by atoms with E-state index >= 15 is 0 Å². The lowest BCUT2D eigenvalue weighted by molar-refractivity contribution is 0.574. The van der Waals surface area contributed by atoms with Gasteiger partial charge in [-0.2, -0.15) is 5.10 Å². The normalized spacial score (nSPS) is 12.7. The first-order valence-electron chi connectivity index (χ1n) is 5.72. The molecule has 0 aliphatic heterocycles. The SMILES string of the molecule is C[C@H](NCc1cnn(C)c1)c1ccc(Cl)cc1Cl. The quantitative estimate of drug-likeness (QED) is 0.930. The van der Waals surface area contributed by atoms with Crippen LogP contribution in [0.1, 0.15) is 24.1 Å². The first-order chi connectivity index (χ1) is 8.56. The van der Waals surface area contributed by atoms with Gasteiger partial charge in [-0.05, 0) is 24.6 Å². The topological polar surface area (TPSA) is 29.9 Å². The molecule has 0 radical (unpaired) electrons. The summed E-state index contributed by atoms with van der Waals surface area (Å²) in [6.07, 6.45) is 3.84. The van der Waals surface area contributed by atoms with Crippen molar-refractivity contribution in [3.05, 3.63) is 51.8 Å². The second-order valence-corrected chi connectivity index (χ2v) is 5.13. The van der Waals surface area contributed by atoms with E-state index in [9.17, 15) is 0 Å². The summed E-state index contributed by atoms with van der Waals surface area (Å²) >= 11 is 12.1. The smallest absolute Gasteiger partial charge is 0.0534 e. The van der Waals surface area contributed by atoms with Gasteiger partial charge in [-0.1, -0.05) is 29.3 Å². The monoisotopic (exact) mass is 283 g/mol. The van der Waals surface area contributed by atoms with Gasteiger partial charge in [0.15, 0.2) is 0 Å². The van der Waals surface area contributed by atoms with E-state index in [0.29, 0.717) is 10.0 Å². The van der Waals surface area contributed by atoms with Crippen LogP contribution in [0.2, 0.25) is 10.0 Å². The van der Waals surface area contributed by atoms with E-state index in [1.54, 1.807) is 10.7 Å². The molecular weight excluding hydrogens is 269 g/mol. The molecular formula is C13H15Cl2N3. The zero-order valence-electron chi connectivity index (χ0n) is 10.3. The van der Waals surface area contributed by atoms with Gasteiger partial charge in [0, 0.05) is 41.4 Å². The molecule has 3 nitrogen and oxygen atoms in total. The van der Waals surface area contributed by atoms with Crippen molar-refractivity contribution < 1.29 is 0 Å². The number of nitrogens with zero attached hydrogens (tertiary/aromatic N) is 2. The zero-order valence-corrected chi connectivity index (χ0v) is 11.8. The molecule has 0 unspecified atom stereocenters. The Morgan fingerprint density at radius 1 is 1.39 bits per heavy atom. The van der Waals surface area contributed by atoms with Crippen molar-refractivity contribution in [3.8, 4) is 0 Å². The van der Waals surface area contributed by atoms with E-state index in [-0.39, 0.29) is 6.04 Å². The first-order valence-corrected chi connectivity index (χ1v) is 6.47. The van der Waals surface area contributed by atoms with Crippen LogP contribution in [-0.2, 0) is 13.6 Å². The van der Waals surface area contributed by atoms with E-state index in [0.717, 1.165) is 17.7 Å². The van der Waals surface area contributed by atoms with Crippen molar-refractivity contribution in [1.82, 2.24) is 15.1 Å². The summed E-state index contributed by atoms with van der Waals surface area (Å²) in [6.45, 7) is 2.83. The molecule has 96 valence electrons. The van der Waals surface area contributed by atoms with Gasteiger partial charge < -0.3 is 5.32 Å². The third-order valence-electron chi connectivity index (χ3n) is 2.80. The molecule has 0 bridgehead atoms. The Morgan fingerprint density at radius 2 is 2.17 bits per heavy atom. The molecule has 0 spiro atoms. The molecule has 0 aliphatic carbocycles. The van der Waals surface area contributed by atoms with Gasteiger partial charge in [-0.15, -0.1) is 0 Å². The van der Waals surface area contributed by atoms with Crippen LogP contribution >= 0.6 is 23.2 Å². The summed E-state index contributed by atoms with van der Waals surface area (Å²) in [5, 5.41) is 8.88. The van der Waals surface area contributed by atoms with Gasteiger partial charge in [0.05, 0.1) is 6.20 Å². The van der Waals surface area contributed by atoms with Gasteiger partial charge in [0.2, 0.25) is 0 Å². The Hall–Kier alpha value is -1.03. The fraction of sp³-hybridized carbons (Fsp3) is 0.308. The van der Waals surface area contributed by atoms with Gasteiger partial charge in [0.25, 0.3) is 0 Å². The third-order valence-corrected chi connectivity index (χ3v) is 3.36. The molecule has 1 aromatic heterocycles. The molecule has 1 aromatic carbocycles. The Bertz CT molecular complexity index is 537. The second kappa shape index (κ2) is 5.74. The van der Waals surface area contributed by atoms with Crippen LogP contribution in [0.15, 0.2) is 30.6 Å². The summed E-state index contributed by atoms with van der Waals surface area (Å²) in [7, 11) is 1.91. The minimum atomic E-state index is 0.162. The minimum Gasteiger partial charge on any atom is -0.306 e. The van der Waals surface area contributed by atoms with Crippen LogP contribution in [-0.4, -0.2) is 9.78 Å². The average Bonchev–Trinajstić information content (AvgIpc) is 2.72. The lowest BCUT2D eigenvalue weighted by Crippen LogP contribution is -2.18.